The number of nitrogens with one attached hydrogen (secondary N) is 1. The van der Waals surface area contributed by atoms with Crippen molar-refractivity contribution in [2.24, 2.45) is 0 Å². The number of amides is 1. The Bertz CT molecular complexity index is 769. The van der Waals surface area contributed by atoms with Gasteiger partial charge in [-0.05, 0) is 63.4 Å². The fourth-order valence-electron chi connectivity index (χ4n) is 3.15. The quantitative estimate of drug-likeness (QED) is 0.830. The molecule has 1 saturated heterocycles. The Morgan fingerprint density at radius 3 is 2.52 bits per heavy atom. The molecular formula is C21H27N3O3. The van der Waals surface area contributed by atoms with Crippen LogP contribution in [0.3, 0.4) is 0 Å². The first-order valence-electron chi connectivity index (χ1n) is 9.44. The van der Waals surface area contributed by atoms with E-state index in [1.54, 1.807) is 25.3 Å². The van der Waals surface area contributed by atoms with Crippen molar-refractivity contribution in [1.82, 2.24) is 4.98 Å². The number of hydrogen-bond acceptors (Lipinski definition) is 5. The molecule has 0 aliphatic carbocycles. The summed E-state index contributed by atoms with van der Waals surface area (Å²) in [6, 6.07) is 9.00. The maximum atomic E-state index is 12.5. The van der Waals surface area contributed by atoms with Crippen LogP contribution in [0, 0.1) is 0 Å². The van der Waals surface area contributed by atoms with Crippen molar-refractivity contribution in [3.8, 4) is 11.5 Å². The highest BCUT2D eigenvalue weighted by Gasteiger charge is 2.14. The van der Waals surface area contributed by atoms with Crippen molar-refractivity contribution < 1.29 is 14.3 Å². The van der Waals surface area contributed by atoms with Crippen LogP contribution in [0.25, 0.3) is 0 Å². The lowest BCUT2D eigenvalue weighted by Crippen LogP contribution is -2.29. The van der Waals surface area contributed by atoms with E-state index in [9.17, 15) is 4.79 Å². The zero-order valence-corrected chi connectivity index (χ0v) is 16.2. The fourth-order valence-corrected chi connectivity index (χ4v) is 3.15. The Hall–Kier alpha value is -2.76. The average Bonchev–Trinajstić information content (AvgIpc) is 2.69. The molecule has 3 rings (SSSR count). The van der Waals surface area contributed by atoms with E-state index in [4.69, 9.17) is 9.47 Å². The van der Waals surface area contributed by atoms with Gasteiger partial charge in [0.25, 0.3) is 5.91 Å². The minimum Gasteiger partial charge on any atom is -0.493 e. The van der Waals surface area contributed by atoms with Crippen LogP contribution in [0.1, 0.15) is 43.5 Å². The number of aromatic nitrogens is 1. The van der Waals surface area contributed by atoms with E-state index in [0.29, 0.717) is 22.9 Å². The van der Waals surface area contributed by atoms with Gasteiger partial charge >= 0.3 is 0 Å². The van der Waals surface area contributed by atoms with Gasteiger partial charge < -0.3 is 19.7 Å². The lowest BCUT2D eigenvalue weighted by atomic mass is 10.1. The molecule has 2 aromatic rings. The van der Waals surface area contributed by atoms with Crippen LogP contribution in [0.15, 0.2) is 36.5 Å². The molecule has 1 fully saturated rings. The van der Waals surface area contributed by atoms with Crippen LogP contribution in [0.4, 0.5) is 11.5 Å². The van der Waals surface area contributed by atoms with E-state index < -0.39 is 0 Å². The molecule has 1 amide bonds. The number of nitrogens with zero attached hydrogens (tertiary/aromatic N) is 2. The molecule has 0 unspecified atom stereocenters. The molecule has 1 aromatic carbocycles. The first-order chi connectivity index (χ1) is 13.1. The van der Waals surface area contributed by atoms with Crippen molar-refractivity contribution >= 4 is 17.4 Å². The molecule has 1 aromatic heterocycles. The Labute approximate surface area is 160 Å². The largest absolute Gasteiger partial charge is 0.493 e. The summed E-state index contributed by atoms with van der Waals surface area (Å²) >= 11 is 0. The third-order valence-corrected chi connectivity index (χ3v) is 4.50. The number of carbonyl (C=O) groups excluding carboxylic acids is 1. The fraction of sp³-hybridized carbons (Fsp3) is 0.429. The third kappa shape index (κ3) is 4.90. The number of hydrogen-bond donors (Lipinski definition) is 1. The molecule has 0 bridgehead atoms. The van der Waals surface area contributed by atoms with Gasteiger partial charge in [-0.25, -0.2) is 4.98 Å². The molecule has 1 N–H and O–H groups in total. The Morgan fingerprint density at radius 1 is 1.11 bits per heavy atom. The second-order valence-electron chi connectivity index (χ2n) is 6.94. The van der Waals surface area contributed by atoms with Crippen LogP contribution < -0.4 is 19.7 Å². The second kappa shape index (κ2) is 8.75. The predicted molar refractivity (Wildman–Crippen MR) is 107 cm³/mol. The molecule has 0 spiro atoms. The molecule has 6 heteroatoms. The van der Waals surface area contributed by atoms with Crippen molar-refractivity contribution in [3.05, 3.63) is 42.1 Å². The number of benzene rings is 1. The minimum atomic E-state index is -0.234. The predicted octanol–water partition coefficient (Wildman–Crippen LogP) is 4.12. The van der Waals surface area contributed by atoms with Gasteiger partial charge in [-0.1, -0.05) is 0 Å². The molecule has 2 heterocycles. The molecule has 27 heavy (non-hydrogen) atoms. The zero-order chi connectivity index (χ0) is 19.2. The Kier molecular flexibility index (Phi) is 6.16. The molecule has 1 aliphatic rings. The molecule has 144 valence electrons. The number of methoxy groups -OCH3 is 1. The summed E-state index contributed by atoms with van der Waals surface area (Å²) in [6.07, 6.45) is 5.58. The van der Waals surface area contributed by atoms with Crippen LogP contribution >= 0.6 is 0 Å². The number of ether oxygens (including phenoxy) is 2. The van der Waals surface area contributed by atoms with Crippen molar-refractivity contribution in [1.29, 1.82) is 0 Å². The smallest absolute Gasteiger partial charge is 0.256 e. The van der Waals surface area contributed by atoms with Crippen molar-refractivity contribution in [2.45, 2.75) is 39.2 Å². The van der Waals surface area contributed by atoms with Gasteiger partial charge in [0.15, 0.2) is 11.5 Å². The van der Waals surface area contributed by atoms with Gasteiger partial charge in [0.05, 0.1) is 25.1 Å². The average molecular weight is 369 g/mol. The van der Waals surface area contributed by atoms with E-state index in [1.807, 2.05) is 32.2 Å². The summed E-state index contributed by atoms with van der Waals surface area (Å²) in [4.78, 5) is 19.3. The number of anilines is 2. The highest BCUT2D eigenvalue weighted by atomic mass is 16.5. The van der Waals surface area contributed by atoms with Gasteiger partial charge in [-0.2, -0.15) is 0 Å². The zero-order valence-electron chi connectivity index (χ0n) is 16.2. The van der Waals surface area contributed by atoms with Gasteiger partial charge in [0.2, 0.25) is 0 Å². The summed E-state index contributed by atoms with van der Waals surface area (Å²) in [6.45, 7) is 6.02. The molecule has 0 radical (unpaired) electrons. The summed E-state index contributed by atoms with van der Waals surface area (Å²) in [5.74, 6) is 1.45. The first-order valence-corrected chi connectivity index (χ1v) is 9.44. The normalized spacial score (nSPS) is 14.1. The number of pyridine rings is 1. The molecule has 0 saturated carbocycles. The highest BCUT2D eigenvalue weighted by Crippen LogP contribution is 2.29. The number of rotatable bonds is 6. The maximum Gasteiger partial charge on any atom is 0.256 e. The summed E-state index contributed by atoms with van der Waals surface area (Å²) in [5, 5.41) is 2.83. The SMILES string of the molecule is COc1cc(C(=O)Nc2ccc(N3CCCCC3)cn2)ccc1OC(C)C. The third-order valence-electron chi connectivity index (χ3n) is 4.50. The molecule has 0 atom stereocenters. The lowest BCUT2D eigenvalue weighted by molar-refractivity contribution is 0.102. The monoisotopic (exact) mass is 369 g/mol. The Balaban J connectivity index is 1.67. The van der Waals surface area contributed by atoms with Gasteiger partial charge in [-0.3, -0.25) is 4.79 Å². The van der Waals surface area contributed by atoms with E-state index >= 15 is 0 Å². The number of carbonyl (C=O) groups is 1. The van der Waals surface area contributed by atoms with E-state index in [1.165, 1.54) is 19.3 Å². The van der Waals surface area contributed by atoms with Gasteiger partial charge in [-0.15, -0.1) is 0 Å². The molecular weight excluding hydrogens is 342 g/mol. The van der Waals surface area contributed by atoms with Crippen LogP contribution in [-0.4, -0.2) is 37.2 Å². The highest BCUT2D eigenvalue weighted by molar-refractivity contribution is 6.04. The first kappa shape index (κ1) is 19.0. The van der Waals surface area contributed by atoms with Gasteiger partial charge in [0.1, 0.15) is 5.82 Å². The molecule has 1 aliphatic heterocycles. The topological polar surface area (TPSA) is 63.7 Å². The van der Waals surface area contributed by atoms with Crippen LogP contribution in [0.2, 0.25) is 0 Å². The summed E-state index contributed by atoms with van der Waals surface area (Å²) in [5.41, 5.74) is 1.59. The van der Waals surface area contributed by atoms with Gasteiger partial charge in [0, 0.05) is 18.7 Å². The van der Waals surface area contributed by atoms with E-state index in [0.717, 1.165) is 18.8 Å². The van der Waals surface area contributed by atoms with E-state index in [-0.39, 0.29) is 12.0 Å². The standard InChI is InChI=1S/C21H27N3O3/c1-15(2)27-18-9-7-16(13-19(18)26-3)21(25)23-20-10-8-17(14-22-20)24-11-5-4-6-12-24/h7-10,13-15H,4-6,11-12H2,1-3H3,(H,22,23,25). The minimum absolute atomic E-state index is 0.0289. The summed E-state index contributed by atoms with van der Waals surface area (Å²) < 4.78 is 11.0. The second-order valence-corrected chi connectivity index (χ2v) is 6.94. The van der Waals surface area contributed by atoms with E-state index in [2.05, 4.69) is 15.2 Å². The van der Waals surface area contributed by atoms with Crippen LogP contribution in [0.5, 0.6) is 11.5 Å². The van der Waals surface area contributed by atoms with Crippen molar-refractivity contribution in [3.63, 3.8) is 0 Å². The number of piperidine rings is 1. The molecule has 6 nitrogen and oxygen atoms in total. The lowest BCUT2D eigenvalue weighted by Gasteiger charge is -2.28. The van der Waals surface area contributed by atoms with Crippen LogP contribution in [-0.2, 0) is 0 Å². The summed E-state index contributed by atoms with van der Waals surface area (Å²) in [7, 11) is 1.56. The Morgan fingerprint density at radius 2 is 1.89 bits per heavy atom. The van der Waals surface area contributed by atoms with Crippen molar-refractivity contribution in [2.75, 3.05) is 30.4 Å². The maximum absolute atomic E-state index is 12.5.